The first-order valence-corrected chi connectivity index (χ1v) is 8.42. The highest BCUT2D eigenvalue weighted by molar-refractivity contribution is 5.84. The van der Waals surface area contributed by atoms with Crippen molar-refractivity contribution in [1.29, 1.82) is 0 Å². The number of benzene rings is 2. The van der Waals surface area contributed by atoms with Gasteiger partial charge in [0.1, 0.15) is 0 Å². The molecule has 2 aliphatic rings. The van der Waals surface area contributed by atoms with E-state index in [1.165, 1.54) is 0 Å². The molecule has 0 radical (unpaired) electrons. The summed E-state index contributed by atoms with van der Waals surface area (Å²) >= 11 is 0. The Labute approximate surface area is 141 Å². The van der Waals surface area contributed by atoms with E-state index in [9.17, 15) is 9.59 Å². The normalized spacial score (nSPS) is 23.3. The quantitative estimate of drug-likeness (QED) is 0.945. The number of rotatable bonds is 3. The van der Waals surface area contributed by atoms with E-state index in [2.05, 4.69) is 29.6 Å². The van der Waals surface area contributed by atoms with Gasteiger partial charge in [-0.2, -0.15) is 0 Å². The zero-order valence-electron chi connectivity index (χ0n) is 13.4. The lowest BCUT2D eigenvalue weighted by Gasteiger charge is -2.37. The fraction of sp³-hybridized carbons (Fsp3) is 0.300. The smallest absolute Gasteiger partial charge is 0.224 e. The van der Waals surface area contributed by atoms with E-state index in [1.807, 2.05) is 41.3 Å². The molecule has 122 valence electrons. The van der Waals surface area contributed by atoms with Crippen LogP contribution in [0.4, 0.5) is 0 Å². The monoisotopic (exact) mass is 320 g/mol. The van der Waals surface area contributed by atoms with E-state index in [0.717, 1.165) is 11.1 Å². The van der Waals surface area contributed by atoms with Crippen LogP contribution in [0.5, 0.6) is 0 Å². The molecule has 0 aromatic heterocycles. The number of fused-ring (bicyclic) bond motifs is 1. The molecule has 1 N–H and O–H groups in total. The number of carbonyl (C=O) groups is 2. The van der Waals surface area contributed by atoms with E-state index in [-0.39, 0.29) is 29.8 Å². The zero-order chi connectivity index (χ0) is 16.5. The summed E-state index contributed by atoms with van der Waals surface area (Å²) in [4.78, 5) is 26.5. The lowest BCUT2D eigenvalue weighted by Crippen LogP contribution is -2.50. The summed E-state index contributed by atoms with van der Waals surface area (Å²) in [6.07, 6.45) is 0.914. The van der Waals surface area contributed by atoms with Crippen LogP contribution in [-0.4, -0.2) is 29.3 Å². The minimum Gasteiger partial charge on any atom is -0.354 e. The molecule has 4 heteroatoms. The standard InChI is InChI=1S/C20H20N2O2/c23-18-11-16-12-19(24)22(17(16)13-21-18)20(14-7-3-1-4-8-14)15-9-5-2-6-10-15/h1-10,16-17,20H,11-13H2,(H,21,23)/t16-,17-/m1/s1. The molecule has 2 aliphatic heterocycles. The van der Waals surface area contributed by atoms with Crippen LogP contribution in [0.25, 0.3) is 0 Å². The van der Waals surface area contributed by atoms with E-state index < -0.39 is 0 Å². The van der Waals surface area contributed by atoms with Crippen LogP contribution in [0.2, 0.25) is 0 Å². The predicted molar refractivity (Wildman–Crippen MR) is 91.1 cm³/mol. The van der Waals surface area contributed by atoms with Crippen LogP contribution in [0, 0.1) is 5.92 Å². The minimum absolute atomic E-state index is 0.0573. The number of piperidine rings is 1. The summed E-state index contributed by atoms with van der Waals surface area (Å²) in [6, 6.07) is 20.2. The van der Waals surface area contributed by atoms with Crippen LogP contribution in [0.3, 0.4) is 0 Å². The molecular weight excluding hydrogens is 300 g/mol. The number of nitrogens with zero attached hydrogens (tertiary/aromatic N) is 1. The number of nitrogens with one attached hydrogen (secondary N) is 1. The Morgan fingerprint density at radius 3 is 2.04 bits per heavy atom. The van der Waals surface area contributed by atoms with Crippen molar-refractivity contribution in [3.05, 3.63) is 71.8 Å². The molecule has 2 aromatic carbocycles. The van der Waals surface area contributed by atoms with Gasteiger partial charge in [0, 0.05) is 19.4 Å². The van der Waals surface area contributed by atoms with Crippen molar-refractivity contribution < 1.29 is 9.59 Å². The fourth-order valence-corrected chi connectivity index (χ4v) is 4.00. The average molecular weight is 320 g/mol. The maximum absolute atomic E-state index is 12.8. The van der Waals surface area contributed by atoms with Gasteiger partial charge in [-0.3, -0.25) is 9.59 Å². The highest BCUT2D eigenvalue weighted by Crippen LogP contribution is 2.39. The average Bonchev–Trinajstić information content (AvgIpc) is 2.92. The molecule has 4 nitrogen and oxygen atoms in total. The molecule has 2 saturated heterocycles. The largest absolute Gasteiger partial charge is 0.354 e. The van der Waals surface area contributed by atoms with Gasteiger partial charge in [0.25, 0.3) is 0 Å². The second-order valence-corrected chi connectivity index (χ2v) is 6.56. The first-order valence-electron chi connectivity index (χ1n) is 8.42. The third kappa shape index (κ3) is 2.58. The molecule has 2 amide bonds. The lowest BCUT2D eigenvalue weighted by molar-refractivity contribution is -0.131. The fourth-order valence-electron chi connectivity index (χ4n) is 4.00. The van der Waals surface area contributed by atoms with E-state index in [0.29, 0.717) is 19.4 Å². The van der Waals surface area contributed by atoms with Gasteiger partial charge in [0.15, 0.2) is 0 Å². The Kier molecular flexibility index (Phi) is 3.81. The summed E-state index contributed by atoms with van der Waals surface area (Å²) in [5.74, 6) is 0.322. The van der Waals surface area contributed by atoms with Crippen molar-refractivity contribution >= 4 is 11.8 Å². The Morgan fingerprint density at radius 1 is 0.875 bits per heavy atom. The van der Waals surface area contributed by atoms with Gasteiger partial charge < -0.3 is 10.2 Å². The topological polar surface area (TPSA) is 49.4 Å². The molecule has 2 fully saturated rings. The van der Waals surface area contributed by atoms with Crippen LogP contribution in [-0.2, 0) is 9.59 Å². The number of hydrogen-bond acceptors (Lipinski definition) is 2. The Morgan fingerprint density at radius 2 is 1.46 bits per heavy atom. The first kappa shape index (κ1) is 14.9. The van der Waals surface area contributed by atoms with Crippen LogP contribution < -0.4 is 5.32 Å². The molecular formula is C20H20N2O2. The SMILES string of the molecule is O=C1C[C@@H]2CC(=O)N(C(c3ccccc3)c3ccccc3)[C@@H]2CN1. The van der Waals surface area contributed by atoms with Crippen LogP contribution >= 0.6 is 0 Å². The molecule has 2 atom stereocenters. The second-order valence-electron chi connectivity index (χ2n) is 6.56. The van der Waals surface area contributed by atoms with E-state index in [1.54, 1.807) is 0 Å². The number of carbonyl (C=O) groups excluding carboxylic acids is 2. The van der Waals surface area contributed by atoms with Crippen LogP contribution in [0.15, 0.2) is 60.7 Å². The molecule has 0 aliphatic carbocycles. The van der Waals surface area contributed by atoms with Crippen molar-refractivity contribution in [3.63, 3.8) is 0 Å². The summed E-state index contributed by atoms with van der Waals surface area (Å²) in [5, 5.41) is 2.93. The summed E-state index contributed by atoms with van der Waals surface area (Å²) in [5.41, 5.74) is 2.21. The molecule has 0 bridgehead atoms. The van der Waals surface area contributed by atoms with Crippen molar-refractivity contribution in [2.45, 2.75) is 24.9 Å². The number of amides is 2. The third-order valence-corrected chi connectivity index (χ3v) is 5.09. The van der Waals surface area contributed by atoms with Crippen molar-refractivity contribution in [2.75, 3.05) is 6.54 Å². The number of hydrogen-bond donors (Lipinski definition) is 1. The third-order valence-electron chi connectivity index (χ3n) is 5.09. The minimum atomic E-state index is -0.107. The van der Waals surface area contributed by atoms with Gasteiger partial charge in [0.2, 0.25) is 11.8 Å². The van der Waals surface area contributed by atoms with Gasteiger partial charge in [0.05, 0.1) is 12.1 Å². The van der Waals surface area contributed by atoms with Crippen molar-refractivity contribution in [3.8, 4) is 0 Å². The van der Waals surface area contributed by atoms with E-state index in [4.69, 9.17) is 0 Å². The van der Waals surface area contributed by atoms with Gasteiger partial charge in [-0.05, 0) is 17.0 Å². The number of likely N-dealkylation sites (tertiary alicyclic amines) is 1. The molecule has 2 heterocycles. The highest BCUT2D eigenvalue weighted by atomic mass is 16.2. The molecule has 0 unspecified atom stereocenters. The molecule has 4 rings (SSSR count). The van der Waals surface area contributed by atoms with Gasteiger partial charge in [-0.1, -0.05) is 60.7 Å². The lowest BCUT2D eigenvalue weighted by atomic mass is 9.91. The van der Waals surface area contributed by atoms with Crippen molar-refractivity contribution in [2.24, 2.45) is 5.92 Å². The van der Waals surface area contributed by atoms with Gasteiger partial charge in [-0.25, -0.2) is 0 Å². The van der Waals surface area contributed by atoms with E-state index >= 15 is 0 Å². The summed E-state index contributed by atoms with van der Waals surface area (Å²) in [7, 11) is 0. The highest BCUT2D eigenvalue weighted by Gasteiger charge is 2.46. The Bertz CT molecular complexity index is 705. The summed E-state index contributed by atoms with van der Waals surface area (Å²) in [6.45, 7) is 0.547. The van der Waals surface area contributed by atoms with Gasteiger partial charge >= 0.3 is 0 Å². The second kappa shape index (κ2) is 6.11. The van der Waals surface area contributed by atoms with Crippen LogP contribution in [0.1, 0.15) is 30.0 Å². The maximum atomic E-state index is 12.8. The zero-order valence-corrected chi connectivity index (χ0v) is 13.4. The Balaban J connectivity index is 1.76. The summed E-state index contributed by atoms with van der Waals surface area (Å²) < 4.78 is 0. The Hall–Kier alpha value is -2.62. The molecule has 0 saturated carbocycles. The van der Waals surface area contributed by atoms with Crippen molar-refractivity contribution in [1.82, 2.24) is 10.2 Å². The molecule has 24 heavy (non-hydrogen) atoms. The molecule has 2 aromatic rings. The molecule has 0 spiro atoms. The maximum Gasteiger partial charge on any atom is 0.224 e. The predicted octanol–water partition coefficient (Wildman–Crippen LogP) is 2.51. The van der Waals surface area contributed by atoms with Gasteiger partial charge in [-0.15, -0.1) is 0 Å². The first-order chi connectivity index (χ1) is 11.7.